The highest BCUT2D eigenvalue weighted by Crippen LogP contribution is 2.52. The van der Waals surface area contributed by atoms with Gasteiger partial charge >= 0.3 is 12.1 Å². The average molecular weight is 488 g/mol. The Kier molecular flexibility index (Phi) is 6.17. The van der Waals surface area contributed by atoms with Crippen LogP contribution in [0.25, 0.3) is 21.8 Å². The van der Waals surface area contributed by atoms with Gasteiger partial charge in [0, 0.05) is 21.4 Å². The fraction of sp³-hybridized carbons (Fsp3) is 0.214. The van der Waals surface area contributed by atoms with Crippen LogP contribution < -0.4 is 5.32 Å². The Bertz CT molecular complexity index is 1340. The van der Waals surface area contributed by atoms with Gasteiger partial charge < -0.3 is 13.9 Å². The summed E-state index contributed by atoms with van der Waals surface area (Å²) in [5.74, 6) is 0.395. The highest BCUT2D eigenvalue weighted by atomic mass is 32.1. The first-order chi connectivity index (χ1) is 17.0. The summed E-state index contributed by atoms with van der Waals surface area (Å²) < 4.78 is 16.2. The lowest BCUT2D eigenvalue weighted by molar-refractivity contribution is -0.143. The highest BCUT2D eigenvalue weighted by molar-refractivity contribution is 7.15. The highest BCUT2D eigenvalue weighted by Gasteiger charge is 2.53. The second-order valence-electron chi connectivity index (χ2n) is 8.56. The van der Waals surface area contributed by atoms with Crippen LogP contribution in [0.15, 0.2) is 83.5 Å². The summed E-state index contributed by atoms with van der Waals surface area (Å²) in [6, 6.07) is 23.2. The number of carbonyl (C=O) groups is 2. The number of nitrogens with one attached hydrogen (secondary N) is 1. The zero-order valence-electron chi connectivity index (χ0n) is 19.4. The molecule has 35 heavy (non-hydrogen) atoms. The molecule has 178 valence electrons. The third-order valence-electron chi connectivity index (χ3n) is 6.29. The first-order valence-corrected chi connectivity index (χ1v) is 12.2. The molecular weight excluding hydrogens is 462 g/mol. The lowest BCUT2D eigenvalue weighted by Crippen LogP contribution is -2.20. The molecule has 2 aromatic heterocycles. The fourth-order valence-corrected chi connectivity index (χ4v) is 5.38. The van der Waals surface area contributed by atoms with Crippen LogP contribution in [-0.4, -0.2) is 19.2 Å². The number of furan rings is 1. The van der Waals surface area contributed by atoms with Crippen LogP contribution in [0, 0.1) is 0 Å². The first-order valence-electron chi connectivity index (χ1n) is 11.4. The van der Waals surface area contributed by atoms with Crippen LogP contribution >= 0.6 is 11.3 Å². The molecule has 7 heteroatoms. The molecule has 1 fully saturated rings. The van der Waals surface area contributed by atoms with Crippen LogP contribution in [0.2, 0.25) is 0 Å². The van der Waals surface area contributed by atoms with E-state index in [1.165, 1.54) is 13.4 Å². The normalized spacial score (nSPS) is 14.7. The van der Waals surface area contributed by atoms with Gasteiger partial charge in [-0.15, -0.1) is 11.3 Å². The number of amides is 1. The van der Waals surface area contributed by atoms with Gasteiger partial charge in [0.05, 0.1) is 19.1 Å². The molecule has 4 aromatic rings. The molecule has 1 aliphatic carbocycles. The molecule has 1 aliphatic rings. The largest absolute Gasteiger partial charge is 0.468 e. The van der Waals surface area contributed by atoms with E-state index < -0.39 is 11.5 Å². The number of hydrogen-bond donors (Lipinski definition) is 1. The fourth-order valence-electron chi connectivity index (χ4n) is 4.13. The summed E-state index contributed by atoms with van der Waals surface area (Å²) >= 11 is 1.62. The maximum Gasteiger partial charge on any atom is 0.412 e. The van der Waals surface area contributed by atoms with Crippen LogP contribution in [0.3, 0.4) is 0 Å². The number of anilines is 1. The quantitative estimate of drug-likeness (QED) is 0.279. The molecule has 5 rings (SSSR count). The standard InChI is InChI=1S/C28H25NO5S/c1-18(19-6-4-3-5-7-19)34-27(31)29-22-14-17-33-25(22)21-10-8-20(9-11-21)23-12-13-24(35-23)28(15-16-28)26(30)32-2/h3-14,17-18H,15-16H2,1-2H3,(H,29,31). The summed E-state index contributed by atoms with van der Waals surface area (Å²) in [5.41, 5.74) is 2.87. The van der Waals surface area contributed by atoms with E-state index in [0.717, 1.165) is 39.3 Å². The summed E-state index contributed by atoms with van der Waals surface area (Å²) in [6.45, 7) is 1.83. The van der Waals surface area contributed by atoms with E-state index in [2.05, 4.69) is 5.32 Å². The Hall–Kier alpha value is -3.84. The van der Waals surface area contributed by atoms with Gasteiger partial charge in [0.1, 0.15) is 11.5 Å². The van der Waals surface area contributed by atoms with Crippen LogP contribution in [0.1, 0.15) is 36.3 Å². The number of rotatable bonds is 7. The third-order valence-corrected chi connectivity index (χ3v) is 7.63. The minimum absolute atomic E-state index is 0.157. The maximum atomic E-state index is 12.5. The molecule has 2 heterocycles. The molecule has 1 unspecified atom stereocenters. The van der Waals surface area contributed by atoms with Crippen molar-refractivity contribution in [1.82, 2.24) is 0 Å². The Morgan fingerprint density at radius 2 is 1.69 bits per heavy atom. The van der Waals surface area contributed by atoms with Crippen molar-refractivity contribution < 1.29 is 23.5 Å². The lowest BCUT2D eigenvalue weighted by Gasteiger charge is -2.14. The van der Waals surface area contributed by atoms with Crippen LogP contribution in [0.4, 0.5) is 10.5 Å². The van der Waals surface area contributed by atoms with Crippen molar-refractivity contribution in [1.29, 1.82) is 0 Å². The van der Waals surface area contributed by atoms with E-state index in [4.69, 9.17) is 13.9 Å². The lowest BCUT2D eigenvalue weighted by atomic mass is 10.1. The zero-order valence-corrected chi connectivity index (χ0v) is 20.3. The molecule has 1 amide bonds. The van der Waals surface area contributed by atoms with Crippen LogP contribution in [-0.2, 0) is 19.7 Å². The van der Waals surface area contributed by atoms with Crippen LogP contribution in [0.5, 0.6) is 0 Å². The predicted molar refractivity (Wildman–Crippen MR) is 135 cm³/mol. The number of thiophene rings is 1. The van der Waals surface area contributed by atoms with E-state index in [9.17, 15) is 9.59 Å². The van der Waals surface area contributed by atoms with Gasteiger partial charge in [-0.2, -0.15) is 0 Å². The average Bonchev–Trinajstić information content (AvgIpc) is 3.31. The van der Waals surface area contributed by atoms with Gasteiger partial charge in [-0.05, 0) is 43.0 Å². The van der Waals surface area contributed by atoms with Gasteiger partial charge in [0.25, 0.3) is 0 Å². The van der Waals surface area contributed by atoms with Gasteiger partial charge in [-0.25, -0.2) is 4.79 Å². The number of hydrogen-bond acceptors (Lipinski definition) is 6. The maximum absolute atomic E-state index is 12.5. The van der Waals surface area contributed by atoms with Gasteiger partial charge in [-0.3, -0.25) is 10.1 Å². The summed E-state index contributed by atoms with van der Waals surface area (Å²) in [4.78, 5) is 26.8. The first kappa shape index (κ1) is 22.9. The van der Waals surface area contributed by atoms with Crippen molar-refractivity contribution in [2.24, 2.45) is 0 Å². The second-order valence-corrected chi connectivity index (χ2v) is 9.65. The number of methoxy groups -OCH3 is 1. The van der Waals surface area contributed by atoms with Gasteiger partial charge in [-0.1, -0.05) is 54.6 Å². The minimum atomic E-state index is -0.550. The molecule has 0 spiro atoms. The number of carbonyl (C=O) groups excluding carboxylic acids is 2. The number of esters is 1. The molecule has 2 aromatic carbocycles. The summed E-state index contributed by atoms with van der Waals surface area (Å²) in [5, 5.41) is 2.78. The van der Waals surface area contributed by atoms with Crippen molar-refractivity contribution in [2.45, 2.75) is 31.3 Å². The van der Waals surface area contributed by atoms with E-state index in [1.54, 1.807) is 17.4 Å². The van der Waals surface area contributed by atoms with E-state index in [-0.39, 0.29) is 12.1 Å². The van der Waals surface area contributed by atoms with Crippen molar-refractivity contribution >= 4 is 29.1 Å². The molecular formula is C28H25NO5S. The molecule has 0 radical (unpaired) electrons. The Morgan fingerprint density at radius 3 is 2.37 bits per heavy atom. The second kappa shape index (κ2) is 9.43. The van der Waals surface area contributed by atoms with E-state index in [1.807, 2.05) is 73.7 Å². The molecule has 1 saturated carbocycles. The Labute approximate surface area is 207 Å². The van der Waals surface area contributed by atoms with Crippen molar-refractivity contribution in [2.75, 3.05) is 12.4 Å². The molecule has 1 N–H and O–H groups in total. The smallest absolute Gasteiger partial charge is 0.412 e. The van der Waals surface area contributed by atoms with E-state index in [0.29, 0.717) is 11.4 Å². The van der Waals surface area contributed by atoms with E-state index >= 15 is 0 Å². The zero-order chi connectivity index (χ0) is 24.4. The predicted octanol–water partition coefficient (Wildman–Crippen LogP) is 7.19. The molecule has 0 aliphatic heterocycles. The number of benzene rings is 2. The molecule has 6 nitrogen and oxygen atoms in total. The third kappa shape index (κ3) is 4.59. The minimum Gasteiger partial charge on any atom is -0.468 e. The van der Waals surface area contributed by atoms with Crippen molar-refractivity contribution in [3.63, 3.8) is 0 Å². The Morgan fingerprint density at radius 1 is 0.971 bits per heavy atom. The molecule has 0 bridgehead atoms. The molecule has 0 saturated heterocycles. The SMILES string of the molecule is COC(=O)C1(c2ccc(-c3ccc(-c4occc4NC(=O)OC(C)c4ccccc4)cc3)s2)CC1. The van der Waals surface area contributed by atoms with Crippen molar-refractivity contribution in [3.8, 4) is 21.8 Å². The van der Waals surface area contributed by atoms with Gasteiger partial charge in [0.15, 0.2) is 5.76 Å². The topological polar surface area (TPSA) is 77.8 Å². The van der Waals surface area contributed by atoms with Gasteiger partial charge in [0.2, 0.25) is 0 Å². The summed E-state index contributed by atoms with van der Waals surface area (Å²) in [7, 11) is 1.44. The summed E-state index contributed by atoms with van der Waals surface area (Å²) in [6.07, 6.45) is 2.27. The Balaban J connectivity index is 1.28. The molecule has 1 atom stereocenters. The monoisotopic (exact) mass is 487 g/mol. The van der Waals surface area contributed by atoms with Crippen molar-refractivity contribution in [3.05, 3.63) is 89.5 Å². The number of ether oxygens (including phenoxy) is 2.